The molecule has 0 radical (unpaired) electrons. The number of benzene rings is 1. The van der Waals surface area contributed by atoms with Crippen molar-refractivity contribution < 1.29 is 10.0 Å². The minimum absolute atomic E-state index is 0.0314. The molecule has 0 aliphatic carbocycles. The second kappa shape index (κ2) is 4.68. The van der Waals surface area contributed by atoms with Gasteiger partial charge >= 0.3 is 5.69 Å². The molecule has 0 aliphatic heterocycles. The lowest BCUT2D eigenvalue weighted by Crippen LogP contribution is -1.94. The summed E-state index contributed by atoms with van der Waals surface area (Å²) in [6, 6.07) is 1.12. The molecule has 0 atom stereocenters. The predicted molar refractivity (Wildman–Crippen MR) is 58.8 cm³/mol. The third kappa shape index (κ3) is 2.33. The summed E-state index contributed by atoms with van der Waals surface area (Å²) in [4.78, 5) is 9.80. The Morgan fingerprint density at radius 1 is 1.53 bits per heavy atom. The molecule has 0 bridgehead atoms. The highest BCUT2D eigenvalue weighted by atomic mass is 35.5. The molecule has 0 spiro atoms. The van der Waals surface area contributed by atoms with Crippen molar-refractivity contribution in [2.24, 2.45) is 0 Å². The zero-order valence-corrected chi connectivity index (χ0v) is 9.47. The Labute approximate surface area is 96.6 Å². The van der Waals surface area contributed by atoms with Crippen molar-refractivity contribution in [3.05, 3.63) is 31.8 Å². The fourth-order valence-electron chi connectivity index (χ4n) is 1.25. The first kappa shape index (κ1) is 12.1. The molecule has 0 fully saturated rings. The van der Waals surface area contributed by atoms with E-state index < -0.39 is 16.4 Å². The normalized spacial score (nSPS) is 10.3. The van der Waals surface area contributed by atoms with Crippen LogP contribution in [0.15, 0.2) is 6.07 Å². The highest BCUT2D eigenvalue weighted by molar-refractivity contribution is 6.37. The molecule has 0 unspecified atom stereocenters. The molecule has 1 aromatic carbocycles. The largest absolute Gasteiger partial charge is 0.501 e. The molecule has 0 amide bonds. The molecule has 1 rings (SSSR count). The van der Waals surface area contributed by atoms with Crippen molar-refractivity contribution >= 4 is 28.9 Å². The minimum atomic E-state index is -0.719. The van der Waals surface area contributed by atoms with Gasteiger partial charge in [0.25, 0.3) is 0 Å². The van der Waals surface area contributed by atoms with Crippen molar-refractivity contribution in [2.75, 3.05) is 0 Å². The maximum atomic E-state index is 10.5. The Morgan fingerprint density at radius 3 is 2.60 bits per heavy atom. The SMILES string of the molecule is CCCc1c(Cl)cc([N+](=O)[O-])c(O)c1Cl. The third-order valence-electron chi connectivity index (χ3n) is 1.96. The highest BCUT2D eigenvalue weighted by Crippen LogP contribution is 2.40. The molecule has 0 aliphatic rings. The quantitative estimate of drug-likeness (QED) is 0.658. The Hall–Kier alpha value is -1.00. The summed E-state index contributed by atoms with van der Waals surface area (Å²) in [5.41, 5.74) is 0.0776. The number of nitrogens with zero attached hydrogens (tertiary/aromatic N) is 1. The number of phenols is 1. The van der Waals surface area contributed by atoms with Gasteiger partial charge in [-0.1, -0.05) is 36.5 Å². The topological polar surface area (TPSA) is 63.4 Å². The first-order chi connectivity index (χ1) is 6.99. The van der Waals surface area contributed by atoms with Gasteiger partial charge in [0.05, 0.1) is 15.0 Å². The van der Waals surface area contributed by atoms with Gasteiger partial charge in [-0.05, 0) is 12.0 Å². The van der Waals surface area contributed by atoms with Crippen LogP contribution in [-0.2, 0) is 6.42 Å². The lowest BCUT2D eigenvalue weighted by atomic mass is 10.1. The van der Waals surface area contributed by atoms with Crippen LogP contribution in [0.1, 0.15) is 18.9 Å². The first-order valence-electron chi connectivity index (χ1n) is 4.33. The summed E-state index contributed by atoms with van der Waals surface area (Å²) >= 11 is 11.6. The van der Waals surface area contributed by atoms with Gasteiger partial charge in [0.15, 0.2) is 0 Å². The van der Waals surface area contributed by atoms with Crippen LogP contribution in [0.2, 0.25) is 10.0 Å². The van der Waals surface area contributed by atoms with Gasteiger partial charge in [-0.3, -0.25) is 10.1 Å². The lowest BCUT2D eigenvalue weighted by molar-refractivity contribution is -0.385. The second-order valence-corrected chi connectivity index (χ2v) is 3.81. The zero-order chi connectivity index (χ0) is 11.6. The summed E-state index contributed by atoms with van der Waals surface area (Å²) in [7, 11) is 0. The summed E-state index contributed by atoms with van der Waals surface area (Å²) in [5.74, 6) is -0.519. The van der Waals surface area contributed by atoms with Gasteiger partial charge in [-0.2, -0.15) is 0 Å². The van der Waals surface area contributed by atoms with Crippen molar-refractivity contribution in [3.63, 3.8) is 0 Å². The van der Waals surface area contributed by atoms with E-state index in [1.165, 1.54) is 0 Å². The van der Waals surface area contributed by atoms with Gasteiger partial charge in [0, 0.05) is 6.07 Å². The van der Waals surface area contributed by atoms with Crippen molar-refractivity contribution in [1.82, 2.24) is 0 Å². The summed E-state index contributed by atoms with van der Waals surface area (Å²) in [6.07, 6.45) is 1.36. The summed E-state index contributed by atoms with van der Waals surface area (Å²) in [5, 5.41) is 20.2. The third-order valence-corrected chi connectivity index (χ3v) is 2.71. The summed E-state index contributed by atoms with van der Waals surface area (Å²) in [6.45, 7) is 1.92. The standard InChI is InChI=1S/C9H9Cl2NO3/c1-2-3-5-6(10)4-7(12(14)15)9(13)8(5)11/h4,13H,2-3H2,1H3. The fourth-order valence-corrected chi connectivity index (χ4v) is 1.89. The van der Waals surface area contributed by atoms with E-state index in [4.69, 9.17) is 23.2 Å². The monoisotopic (exact) mass is 249 g/mol. The number of rotatable bonds is 3. The number of halogens is 2. The zero-order valence-electron chi connectivity index (χ0n) is 7.96. The van der Waals surface area contributed by atoms with Crippen molar-refractivity contribution in [3.8, 4) is 5.75 Å². The number of aromatic hydroxyl groups is 1. The molecule has 1 N–H and O–H groups in total. The van der Waals surface area contributed by atoms with Crippen LogP contribution in [0, 0.1) is 10.1 Å². The predicted octanol–water partition coefficient (Wildman–Crippen LogP) is 3.56. The van der Waals surface area contributed by atoms with E-state index >= 15 is 0 Å². The first-order valence-corrected chi connectivity index (χ1v) is 5.08. The van der Waals surface area contributed by atoms with Crippen LogP contribution in [0.4, 0.5) is 5.69 Å². The Balaban J connectivity index is 3.37. The van der Waals surface area contributed by atoms with Crippen LogP contribution < -0.4 is 0 Å². The van der Waals surface area contributed by atoms with Crippen LogP contribution in [0.3, 0.4) is 0 Å². The van der Waals surface area contributed by atoms with Crippen LogP contribution in [0.25, 0.3) is 0 Å². The van der Waals surface area contributed by atoms with Gasteiger partial charge in [0.1, 0.15) is 0 Å². The molecule has 6 heteroatoms. The van der Waals surface area contributed by atoms with Gasteiger partial charge in [-0.25, -0.2) is 0 Å². The lowest BCUT2D eigenvalue weighted by Gasteiger charge is -2.07. The van der Waals surface area contributed by atoms with E-state index in [1.807, 2.05) is 6.92 Å². The number of nitro benzene ring substituents is 1. The molecule has 0 saturated carbocycles. The number of phenolic OH excluding ortho intramolecular Hbond substituents is 1. The molecule has 1 aromatic rings. The fraction of sp³-hybridized carbons (Fsp3) is 0.333. The van der Waals surface area contributed by atoms with Gasteiger partial charge < -0.3 is 5.11 Å². The maximum Gasteiger partial charge on any atom is 0.313 e. The van der Waals surface area contributed by atoms with Crippen LogP contribution >= 0.6 is 23.2 Å². The van der Waals surface area contributed by atoms with E-state index in [-0.39, 0.29) is 10.0 Å². The Kier molecular flexibility index (Phi) is 3.77. The average Bonchev–Trinajstić information content (AvgIpc) is 2.18. The van der Waals surface area contributed by atoms with E-state index in [0.717, 1.165) is 12.5 Å². The van der Waals surface area contributed by atoms with E-state index in [0.29, 0.717) is 12.0 Å². The van der Waals surface area contributed by atoms with Gasteiger partial charge in [-0.15, -0.1) is 0 Å². The molecule has 0 saturated heterocycles. The van der Waals surface area contributed by atoms with E-state index in [2.05, 4.69) is 0 Å². The van der Waals surface area contributed by atoms with Crippen LogP contribution in [0.5, 0.6) is 5.75 Å². The average molecular weight is 250 g/mol. The highest BCUT2D eigenvalue weighted by Gasteiger charge is 2.21. The van der Waals surface area contributed by atoms with Crippen molar-refractivity contribution in [1.29, 1.82) is 0 Å². The number of hydrogen-bond donors (Lipinski definition) is 1. The number of hydrogen-bond acceptors (Lipinski definition) is 3. The number of nitro groups is 1. The van der Waals surface area contributed by atoms with E-state index in [9.17, 15) is 15.2 Å². The summed E-state index contributed by atoms with van der Waals surface area (Å²) < 4.78 is 0. The molecule has 0 heterocycles. The second-order valence-electron chi connectivity index (χ2n) is 3.03. The maximum absolute atomic E-state index is 10.5. The van der Waals surface area contributed by atoms with Crippen molar-refractivity contribution in [2.45, 2.75) is 19.8 Å². The minimum Gasteiger partial charge on any atom is -0.501 e. The smallest absolute Gasteiger partial charge is 0.313 e. The molecular weight excluding hydrogens is 241 g/mol. The molecule has 0 aromatic heterocycles. The Morgan fingerprint density at radius 2 is 2.13 bits per heavy atom. The van der Waals surface area contributed by atoms with E-state index in [1.54, 1.807) is 0 Å². The Bertz CT molecular complexity index is 407. The van der Waals surface area contributed by atoms with Crippen LogP contribution in [-0.4, -0.2) is 10.0 Å². The molecule has 82 valence electrons. The van der Waals surface area contributed by atoms with Gasteiger partial charge in [0.2, 0.25) is 5.75 Å². The molecule has 15 heavy (non-hydrogen) atoms. The molecular formula is C9H9Cl2NO3. The molecule has 4 nitrogen and oxygen atoms in total.